The smallest absolute Gasteiger partial charge is 2.00 e. The van der Waals surface area contributed by atoms with Gasteiger partial charge in [-0.2, -0.15) is 0 Å². The number of hydrogen-bond donors (Lipinski definition) is 0. The van der Waals surface area contributed by atoms with Gasteiger partial charge in [0.25, 0.3) is 0 Å². The third-order valence-corrected chi connectivity index (χ3v) is 0. The molecule has 4 nitrogen and oxygen atoms in total. The van der Waals surface area contributed by atoms with Crippen LogP contribution in [0.4, 0.5) is 0 Å². The molecule has 8 heavy (non-hydrogen) atoms. The molecule has 0 aromatic carbocycles. The van der Waals surface area contributed by atoms with Gasteiger partial charge in [0.05, 0.1) is 0 Å². The molecule has 0 spiro atoms. The Kier molecular flexibility index (Phi) is 1410. The van der Waals surface area contributed by atoms with Gasteiger partial charge in [0.15, 0.2) is 0 Å². The van der Waals surface area contributed by atoms with E-state index >= 15 is 0 Å². The van der Waals surface area contributed by atoms with E-state index in [2.05, 4.69) is 0 Å². The SMILES string of the molecule is [Ag+].[Ce+3].[Mn+2].[Ni+2].[O-2].[O-2].[O-2].[O-2]. The monoisotopic (exact) mass is 424 g/mol. The molecule has 0 N–H and O–H groups in total. The van der Waals surface area contributed by atoms with E-state index in [1.807, 2.05) is 0 Å². The Hall–Kier alpha value is 2.97. The van der Waals surface area contributed by atoms with Crippen LogP contribution in [-0.4, -0.2) is 0 Å². The molecule has 0 saturated carbocycles. The molecule has 0 bridgehead atoms. The third-order valence-electron chi connectivity index (χ3n) is 0. The van der Waals surface area contributed by atoms with Crippen molar-refractivity contribution in [1.82, 2.24) is 0 Å². The van der Waals surface area contributed by atoms with Crippen molar-refractivity contribution < 1.29 is 120 Å². The van der Waals surface area contributed by atoms with E-state index in [0.717, 1.165) is 0 Å². The first-order valence-electron chi connectivity index (χ1n) is 0. The van der Waals surface area contributed by atoms with Crippen molar-refractivity contribution >= 4 is 0 Å². The van der Waals surface area contributed by atoms with Crippen LogP contribution in [0.3, 0.4) is 0 Å². The second-order valence-electron chi connectivity index (χ2n) is 0. The molecule has 0 aliphatic heterocycles. The van der Waals surface area contributed by atoms with Crippen LogP contribution >= 0.6 is 0 Å². The van der Waals surface area contributed by atoms with Crippen molar-refractivity contribution in [3.05, 3.63) is 0 Å². The minimum atomic E-state index is 0. The molecule has 0 aromatic heterocycles. The summed E-state index contributed by atoms with van der Waals surface area (Å²) < 4.78 is 0. The van der Waals surface area contributed by atoms with Crippen LogP contribution in [0.2, 0.25) is 0 Å². The molecule has 0 fully saturated rings. The largest absolute Gasteiger partial charge is 3.00 e. The van der Waals surface area contributed by atoms with Gasteiger partial charge in [-0.3, -0.25) is 0 Å². The standard InChI is InChI=1S/Ag.Ce.Mn.Ni.4O/q+1;+3;2*+2;4*-2. The number of rotatable bonds is 0. The van der Waals surface area contributed by atoms with Gasteiger partial charge in [-0.25, -0.2) is 0 Å². The Morgan fingerprint density at radius 2 is 0.625 bits per heavy atom. The molecule has 0 aliphatic carbocycles. The van der Waals surface area contributed by atoms with Crippen LogP contribution in [0.25, 0.3) is 0 Å². The zero-order valence-electron chi connectivity index (χ0n) is 3.13. The molecule has 0 aromatic rings. The normalized spacial score (nSPS) is 0. The van der Waals surface area contributed by atoms with E-state index < -0.39 is 0 Å². The van der Waals surface area contributed by atoms with Gasteiger partial charge >= 0.3 is 97.7 Å². The summed E-state index contributed by atoms with van der Waals surface area (Å²) in [7, 11) is 0. The van der Waals surface area contributed by atoms with Crippen molar-refractivity contribution in [2.24, 2.45) is 0 Å². The fourth-order valence-corrected chi connectivity index (χ4v) is 0. The van der Waals surface area contributed by atoms with Crippen LogP contribution in [0, 0.1) is 41.7 Å². The van der Waals surface area contributed by atoms with Crippen molar-refractivity contribution in [3.8, 4) is 0 Å². The summed E-state index contributed by atoms with van der Waals surface area (Å²) in [5.74, 6) is 0. The van der Waals surface area contributed by atoms with Crippen molar-refractivity contribution in [2.75, 3.05) is 0 Å². The fourth-order valence-electron chi connectivity index (χ4n) is 0. The minimum absolute atomic E-state index is 0. The maximum atomic E-state index is 0. The fraction of sp³-hybridized carbons (Fsp3) is 0. The molecule has 0 unspecified atom stereocenters. The predicted molar refractivity (Wildman–Crippen MR) is 2.75 cm³/mol. The molecular formula is AgCeMnNiO4. The first-order valence-corrected chi connectivity index (χ1v) is 0. The summed E-state index contributed by atoms with van der Waals surface area (Å²) in [6.07, 6.45) is 0. The van der Waals surface area contributed by atoms with E-state index in [1.54, 1.807) is 0 Å². The molecule has 2 radical (unpaired) electrons. The molecule has 0 aliphatic rings. The van der Waals surface area contributed by atoms with Gasteiger partial charge in [-0.1, -0.05) is 0 Å². The third kappa shape index (κ3) is 64.6. The van der Waals surface area contributed by atoms with Crippen LogP contribution < -0.4 is 0 Å². The van der Waals surface area contributed by atoms with E-state index in [1.165, 1.54) is 0 Å². The maximum absolute atomic E-state index is 0. The summed E-state index contributed by atoms with van der Waals surface area (Å²) >= 11 is 0. The second-order valence-corrected chi connectivity index (χ2v) is 0. The van der Waals surface area contributed by atoms with Gasteiger partial charge < -0.3 is 21.9 Å². The predicted octanol–water partition coefficient (Wildman–Crippen LogP) is -0.483. The maximum Gasteiger partial charge on any atom is 3.00 e. The van der Waals surface area contributed by atoms with E-state index in [0.29, 0.717) is 0 Å². The minimum Gasteiger partial charge on any atom is -2.00 e. The summed E-state index contributed by atoms with van der Waals surface area (Å²) in [5.41, 5.74) is 0. The van der Waals surface area contributed by atoms with Crippen LogP contribution in [0.5, 0.6) is 0 Å². The zero-order chi connectivity index (χ0) is 0. The number of hydrogen-bond acceptors (Lipinski definition) is 0. The quantitative estimate of drug-likeness (QED) is 0.467. The van der Waals surface area contributed by atoms with Crippen LogP contribution in [0.1, 0.15) is 0 Å². The van der Waals surface area contributed by atoms with Crippen LogP contribution in [-0.2, 0) is 77.8 Å². The average Bonchev–Trinajstić information content (AvgIpc) is 0. The zero-order valence-corrected chi connectivity index (χ0v) is 9.92. The Morgan fingerprint density at radius 1 is 0.625 bits per heavy atom. The molecule has 0 saturated heterocycles. The van der Waals surface area contributed by atoms with Gasteiger partial charge in [0, 0.05) is 0 Å². The van der Waals surface area contributed by atoms with E-state index in [9.17, 15) is 0 Å². The van der Waals surface area contributed by atoms with Gasteiger partial charge in [0.2, 0.25) is 0 Å². The Labute approximate surface area is 117 Å². The van der Waals surface area contributed by atoms with E-state index in [4.69, 9.17) is 0 Å². The van der Waals surface area contributed by atoms with Crippen molar-refractivity contribution in [3.63, 3.8) is 0 Å². The molecular weight excluding hydrogens is 426 g/mol. The molecule has 0 rings (SSSR count). The van der Waals surface area contributed by atoms with Gasteiger partial charge in [-0.15, -0.1) is 0 Å². The molecule has 0 amide bonds. The second kappa shape index (κ2) is 90.9. The van der Waals surface area contributed by atoms with Gasteiger partial charge in [0.1, 0.15) is 0 Å². The Balaban J connectivity index is 0. The Bertz CT molecular complexity index is 16.0. The first-order chi connectivity index (χ1) is 0. The van der Waals surface area contributed by atoms with Crippen molar-refractivity contribution in [2.45, 2.75) is 0 Å². The summed E-state index contributed by atoms with van der Waals surface area (Å²) in [5, 5.41) is 0. The summed E-state index contributed by atoms with van der Waals surface area (Å²) in [6, 6.07) is 0. The van der Waals surface area contributed by atoms with Gasteiger partial charge in [-0.05, 0) is 0 Å². The molecule has 8 heteroatoms. The molecule has 0 heterocycles. The molecule has 56 valence electrons. The summed E-state index contributed by atoms with van der Waals surface area (Å²) in [6.45, 7) is 0. The first kappa shape index (κ1) is 124. The van der Waals surface area contributed by atoms with E-state index in [-0.39, 0.29) is 120 Å². The topological polar surface area (TPSA) is 114 Å². The Morgan fingerprint density at radius 3 is 0.625 bits per heavy atom. The molecule has 0 atom stereocenters. The summed E-state index contributed by atoms with van der Waals surface area (Å²) in [4.78, 5) is 0. The van der Waals surface area contributed by atoms with Crippen LogP contribution in [0.15, 0.2) is 0 Å². The van der Waals surface area contributed by atoms with Crippen molar-refractivity contribution in [1.29, 1.82) is 0 Å². The average molecular weight is 426 g/mol.